The number of hydrogen-bond donors (Lipinski definition) is 1. The Kier molecular flexibility index (Phi) is 6.46. The molecular weight excluding hydrogens is 434 g/mol. The van der Waals surface area contributed by atoms with Crippen LogP contribution in [0.5, 0.6) is 0 Å². The van der Waals surface area contributed by atoms with Gasteiger partial charge in [-0.3, -0.25) is 9.69 Å². The number of Topliss-reactive ketones (excluding diaryl/α,β-unsaturated/α-hetero) is 1. The SMILES string of the molecule is CC(C)(C)OC(=O)N1Cc2ccccc2C[C@H]1C(O)=C1C(=O)OC(CCc2ccccc2)C1=O. The number of cyclic esters (lactones) is 1. The zero-order valence-corrected chi connectivity index (χ0v) is 19.6. The number of carbonyl (C=O) groups is 3. The van der Waals surface area contributed by atoms with E-state index in [1.165, 1.54) is 4.90 Å². The Labute approximate surface area is 199 Å². The third-order valence-corrected chi connectivity index (χ3v) is 5.98. The minimum atomic E-state index is -0.962. The van der Waals surface area contributed by atoms with Gasteiger partial charge in [-0.1, -0.05) is 54.6 Å². The quantitative estimate of drug-likeness (QED) is 0.315. The van der Waals surface area contributed by atoms with Crippen molar-refractivity contribution in [3.8, 4) is 0 Å². The van der Waals surface area contributed by atoms with Gasteiger partial charge in [0.15, 0.2) is 6.10 Å². The van der Waals surface area contributed by atoms with Crippen LogP contribution in [0.15, 0.2) is 65.9 Å². The van der Waals surface area contributed by atoms with Crippen molar-refractivity contribution in [1.29, 1.82) is 0 Å². The summed E-state index contributed by atoms with van der Waals surface area (Å²) >= 11 is 0. The second kappa shape index (κ2) is 9.33. The number of hydrogen-bond acceptors (Lipinski definition) is 6. The number of nitrogens with zero attached hydrogens (tertiary/aromatic N) is 1. The van der Waals surface area contributed by atoms with Crippen LogP contribution in [0.3, 0.4) is 0 Å². The number of carbonyl (C=O) groups excluding carboxylic acids is 3. The van der Waals surface area contributed by atoms with Crippen molar-refractivity contribution >= 4 is 17.8 Å². The fourth-order valence-electron chi connectivity index (χ4n) is 4.31. The third-order valence-electron chi connectivity index (χ3n) is 5.98. The first-order valence-electron chi connectivity index (χ1n) is 11.4. The summed E-state index contributed by atoms with van der Waals surface area (Å²) in [6.45, 7) is 5.45. The standard InChI is InChI=1S/C27H29NO6/c1-27(2,3)34-26(32)28-16-19-12-8-7-11-18(19)15-20(28)23(29)22-24(30)21(33-25(22)31)14-13-17-9-5-4-6-10-17/h4-12,20-21,29H,13-16H2,1-3H3/t20-,21?/m0/s1. The largest absolute Gasteiger partial charge is 0.509 e. The summed E-state index contributed by atoms with van der Waals surface area (Å²) in [6.07, 6.45) is -0.470. The molecule has 1 unspecified atom stereocenters. The van der Waals surface area contributed by atoms with Gasteiger partial charge in [-0.2, -0.15) is 0 Å². The molecule has 7 nitrogen and oxygen atoms in total. The molecule has 2 aromatic rings. The molecule has 4 rings (SSSR count). The van der Waals surface area contributed by atoms with Crippen LogP contribution in [0.1, 0.15) is 43.9 Å². The van der Waals surface area contributed by atoms with Gasteiger partial charge in [0, 0.05) is 6.42 Å². The van der Waals surface area contributed by atoms with E-state index in [0.29, 0.717) is 12.8 Å². The molecule has 0 radical (unpaired) electrons. The van der Waals surface area contributed by atoms with E-state index in [9.17, 15) is 19.5 Å². The summed E-state index contributed by atoms with van der Waals surface area (Å²) in [4.78, 5) is 40.1. The van der Waals surface area contributed by atoms with Gasteiger partial charge >= 0.3 is 12.1 Å². The molecule has 2 aromatic carbocycles. The van der Waals surface area contributed by atoms with Crippen molar-refractivity contribution in [3.05, 3.63) is 82.6 Å². The zero-order valence-electron chi connectivity index (χ0n) is 19.6. The van der Waals surface area contributed by atoms with Crippen molar-refractivity contribution in [1.82, 2.24) is 4.90 Å². The summed E-state index contributed by atoms with van der Waals surface area (Å²) in [5, 5.41) is 11.2. The average molecular weight is 464 g/mol. The molecule has 1 amide bonds. The molecular formula is C27H29NO6. The zero-order chi connectivity index (χ0) is 24.5. The van der Waals surface area contributed by atoms with E-state index < -0.39 is 41.4 Å². The van der Waals surface area contributed by atoms with E-state index in [2.05, 4.69) is 0 Å². The highest BCUT2D eigenvalue weighted by Gasteiger charge is 2.45. The maximum absolute atomic E-state index is 13.1. The Morgan fingerprint density at radius 2 is 1.71 bits per heavy atom. The van der Waals surface area contributed by atoms with Gasteiger partial charge in [0.2, 0.25) is 5.78 Å². The Morgan fingerprint density at radius 3 is 2.38 bits per heavy atom. The molecule has 7 heteroatoms. The summed E-state index contributed by atoms with van der Waals surface area (Å²) < 4.78 is 10.9. The number of aryl methyl sites for hydroxylation is 1. The second-order valence-electron chi connectivity index (χ2n) is 9.64. The lowest BCUT2D eigenvalue weighted by molar-refractivity contribution is -0.141. The molecule has 2 heterocycles. The lowest BCUT2D eigenvalue weighted by Gasteiger charge is -2.37. The van der Waals surface area contributed by atoms with Crippen LogP contribution in [-0.2, 0) is 38.4 Å². The highest BCUT2D eigenvalue weighted by molar-refractivity contribution is 6.23. The average Bonchev–Trinajstić information content (AvgIpc) is 3.08. The number of aliphatic hydroxyl groups is 1. The maximum Gasteiger partial charge on any atom is 0.411 e. The lowest BCUT2D eigenvalue weighted by Crippen LogP contribution is -2.48. The third kappa shape index (κ3) is 4.98. The number of esters is 1. The van der Waals surface area contributed by atoms with Crippen LogP contribution in [0.25, 0.3) is 0 Å². The number of amides is 1. The van der Waals surface area contributed by atoms with Gasteiger partial charge in [-0.15, -0.1) is 0 Å². The Morgan fingerprint density at radius 1 is 1.06 bits per heavy atom. The summed E-state index contributed by atoms with van der Waals surface area (Å²) in [7, 11) is 0. The maximum atomic E-state index is 13.1. The Balaban J connectivity index is 1.61. The van der Waals surface area contributed by atoms with Crippen molar-refractivity contribution < 1.29 is 29.0 Å². The van der Waals surface area contributed by atoms with E-state index >= 15 is 0 Å². The fraction of sp³-hybridized carbons (Fsp3) is 0.370. The molecule has 1 saturated heterocycles. The van der Waals surface area contributed by atoms with Crippen LogP contribution < -0.4 is 0 Å². The smallest absolute Gasteiger partial charge is 0.411 e. The van der Waals surface area contributed by atoms with Gasteiger partial charge in [0.25, 0.3) is 0 Å². The molecule has 1 fully saturated rings. The molecule has 0 aromatic heterocycles. The molecule has 2 atom stereocenters. The van der Waals surface area contributed by atoms with Crippen molar-refractivity contribution in [2.24, 2.45) is 0 Å². The number of aliphatic hydroxyl groups excluding tert-OH is 1. The molecule has 2 aliphatic heterocycles. The molecule has 34 heavy (non-hydrogen) atoms. The molecule has 178 valence electrons. The van der Waals surface area contributed by atoms with Crippen molar-refractivity contribution in [2.45, 2.75) is 64.3 Å². The Hall–Kier alpha value is -3.61. The van der Waals surface area contributed by atoms with E-state index in [0.717, 1.165) is 16.7 Å². The van der Waals surface area contributed by atoms with Gasteiger partial charge in [-0.25, -0.2) is 9.59 Å². The second-order valence-corrected chi connectivity index (χ2v) is 9.64. The fourth-order valence-corrected chi connectivity index (χ4v) is 4.31. The molecule has 0 bridgehead atoms. The van der Waals surface area contributed by atoms with Crippen LogP contribution >= 0.6 is 0 Å². The van der Waals surface area contributed by atoms with Crippen LogP contribution in [0.2, 0.25) is 0 Å². The minimum Gasteiger partial charge on any atom is -0.509 e. The Bertz CT molecular complexity index is 1130. The lowest BCUT2D eigenvalue weighted by atomic mass is 9.91. The van der Waals surface area contributed by atoms with Gasteiger partial charge in [0.05, 0.1) is 12.6 Å². The molecule has 1 N–H and O–H groups in total. The van der Waals surface area contributed by atoms with Gasteiger partial charge in [0.1, 0.15) is 16.9 Å². The summed E-state index contributed by atoms with van der Waals surface area (Å²) in [5.41, 5.74) is 1.75. The number of ketones is 1. The van der Waals surface area contributed by atoms with Crippen molar-refractivity contribution in [2.75, 3.05) is 0 Å². The summed E-state index contributed by atoms with van der Waals surface area (Å²) in [6, 6.07) is 16.2. The first kappa shape index (κ1) is 23.5. The number of rotatable bonds is 4. The first-order chi connectivity index (χ1) is 16.1. The van der Waals surface area contributed by atoms with Gasteiger partial charge < -0.3 is 14.6 Å². The summed E-state index contributed by atoms with van der Waals surface area (Å²) in [5.74, 6) is -1.86. The van der Waals surface area contributed by atoms with E-state index in [4.69, 9.17) is 9.47 Å². The predicted molar refractivity (Wildman–Crippen MR) is 125 cm³/mol. The topological polar surface area (TPSA) is 93.1 Å². The monoisotopic (exact) mass is 463 g/mol. The number of benzene rings is 2. The van der Waals surface area contributed by atoms with Crippen LogP contribution in [0.4, 0.5) is 4.79 Å². The molecule has 0 aliphatic carbocycles. The van der Waals surface area contributed by atoms with Crippen LogP contribution in [0, 0.1) is 0 Å². The van der Waals surface area contributed by atoms with E-state index in [-0.39, 0.29) is 18.5 Å². The van der Waals surface area contributed by atoms with E-state index in [1.54, 1.807) is 20.8 Å². The molecule has 0 spiro atoms. The van der Waals surface area contributed by atoms with Gasteiger partial charge in [-0.05, 0) is 50.3 Å². The molecule has 2 aliphatic rings. The van der Waals surface area contributed by atoms with Crippen molar-refractivity contribution in [3.63, 3.8) is 0 Å². The predicted octanol–water partition coefficient (Wildman–Crippen LogP) is 4.29. The normalized spacial score (nSPS) is 21.7. The molecule has 0 saturated carbocycles. The highest BCUT2D eigenvalue weighted by Crippen LogP contribution is 2.32. The highest BCUT2D eigenvalue weighted by atomic mass is 16.6. The first-order valence-corrected chi connectivity index (χ1v) is 11.4. The van der Waals surface area contributed by atoms with Crippen LogP contribution in [-0.4, -0.2) is 45.6 Å². The van der Waals surface area contributed by atoms with E-state index in [1.807, 2.05) is 54.6 Å². The number of fused-ring (bicyclic) bond motifs is 1. The number of ether oxygens (including phenoxy) is 2. The minimum absolute atomic E-state index is 0.188.